The van der Waals surface area contributed by atoms with Crippen molar-refractivity contribution in [2.45, 2.75) is 20.8 Å². The second-order valence-corrected chi connectivity index (χ2v) is 2.32. The summed E-state index contributed by atoms with van der Waals surface area (Å²) >= 11 is 0. The molecule has 10 heavy (non-hydrogen) atoms. The second-order valence-electron chi connectivity index (χ2n) is 2.32. The number of hydrogen-bond acceptors (Lipinski definition) is 2. The van der Waals surface area contributed by atoms with Crippen molar-refractivity contribution in [3.8, 4) is 0 Å². The quantitative estimate of drug-likeness (QED) is 0.415. The number of hydrogen-bond donors (Lipinski definition) is 2. The van der Waals surface area contributed by atoms with Gasteiger partial charge >= 0.3 is 0 Å². The largest absolute Gasteiger partial charge is 0.311 e. The van der Waals surface area contributed by atoms with Crippen LogP contribution < -0.4 is 5.32 Å². The molecule has 0 aliphatic rings. The van der Waals surface area contributed by atoms with E-state index in [0.717, 1.165) is 5.57 Å². The molecule has 0 saturated carbocycles. The predicted molar refractivity (Wildman–Crippen MR) is 41.0 cm³/mol. The first-order chi connectivity index (χ1) is 4.52. The third kappa shape index (κ3) is 5.03. The van der Waals surface area contributed by atoms with Gasteiger partial charge in [-0.2, -0.15) is 0 Å². The van der Waals surface area contributed by atoms with Crippen LogP contribution in [0.4, 0.5) is 0 Å². The molecular weight excluding hydrogens is 128 g/mol. The summed E-state index contributed by atoms with van der Waals surface area (Å²) in [6.45, 7) is 5.13. The molecule has 0 heterocycles. The molecule has 3 nitrogen and oxygen atoms in total. The number of nitrogens with one attached hydrogen (secondary N) is 2. The van der Waals surface area contributed by atoms with Crippen LogP contribution in [0, 0.1) is 5.41 Å². The van der Waals surface area contributed by atoms with Crippen molar-refractivity contribution in [2.75, 3.05) is 0 Å². The zero-order chi connectivity index (χ0) is 8.15. The number of rotatable bonds is 1. The van der Waals surface area contributed by atoms with Gasteiger partial charge in [0.1, 0.15) is 5.84 Å². The second kappa shape index (κ2) is 3.82. The Balaban J connectivity index is 3.88. The van der Waals surface area contributed by atoms with Crippen LogP contribution in [0.1, 0.15) is 20.8 Å². The van der Waals surface area contributed by atoms with Crippen molar-refractivity contribution >= 4 is 11.7 Å². The van der Waals surface area contributed by atoms with Crippen molar-refractivity contribution in [2.24, 2.45) is 0 Å². The number of carbonyl (C=O) groups excluding carboxylic acids is 1. The molecule has 56 valence electrons. The average molecular weight is 140 g/mol. The Labute approximate surface area is 60.6 Å². The molecule has 0 radical (unpaired) electrons. The third-order valence-corrected chi connectivity index (χ3v) is 0.744. The van der Waals surface area contributed by atoms with Gasteiger partial charge in [0.05, 0.1) is 0 Å². The van der Waals surface area contributed by atoms with E-state index in [9.17, 15) is 4.79 Å². The highest BCUT2D eigenvalue weighted by molar-refractivity contribution is 6.01. The zero-order valence-electron chi connectivity index (χ0n) is 6.49. The Morgan fingerprint density at radius 3 is 2.20 bits per heavy atom. The fourth-order valence-electron chi connectivity index (χ4n) is 0.514. The standard InChI is InChI=1S/C7H12N2O/c1-5(2)4-7(8)9-6(3)10/h4H,1-3H3,(H2,8,9,10). The Kier molecular flexibility index (Phi) is 3.39. The van der Waals surface area contributed by atoms with Gasteiger partial charge in [0.25, 0.3) is 0 Å². The van der Waals surface area contributed by atoms with Gasteiger partial charge in [-0.1, -0.05) is 5.57 Å². The summed E-state index contributed by atoms with van der Waals surface area (Å²) in [6, 6.07) is 0. The normalized spacial score (nSPS) is 8.30. The van der Waals surface area contributed by atoms with Crippen LogP contribution in [-0.2, 0) is 4.79 Å². The molecule has 0 aromatic heterocycles. The minimum Gasteiger partial charge on any atom is -0.311 e. The van der Waals surface area contributed by atoms with Gasteiger partial charge < -0.3 is 5.32 Å². The predicted octanol–water partition coefficient (Wildman–Crippen LogP) is 1.07. The van der Waals surface area contributed by atoms with Crippen LogP contribution in [0.3, 0.4) is 0 Å². The van der Waals surface area contributed by atoms with E-state index in [1.807, 2.05) is 13.8 Å². The Morgan fingerprint density at radius 1 is 1.40 bits per heavy atom. The van der Waals surface area contributed by atoms with Crippen molar-refractivity contribution in [3.05, 3.63) is 11.6 Å². The molecule has 0 aliphatic heterocycles. The van der Waals surface area contributed by atoms with E-state index in [4.69, 9.17) is 5.41 Å². The molecule has 3 heteroatoms. The molecule has 0 aromatic carbocycles. The maximum atomic E-state index is 10.4. The molecule has 0 rings (SSSR count). The molecule has 0 aromatic rings. The fourth-order valence-corrected chi connectivity index (χ4v) is 0.514. The monoisotopic (exact) mass is 140 g/mol. The van der Waals surface area contributed by atoms with Gasteiger partial charge in [0.2, 0.25) is 5.91 Å². The summed E-state index contributed by atoms with van der Waals surface area (Å²) < 4.78 is 0. The van der Waals surface area contributed by atoms with Crippen LogP contribution in [0.5, 0.6) is 0 Å². The van der Waals surface area contributed by atoms with Crippen molar-refractivity contribution in [1.29, 1.82) is 5.41 Å². The van der Waals surface area contributed by atoms with Crippen LogP contribution in [0.25, 0.3) is 0 Å². The zero-order valence-corrected chi connectivity index (χ0v) is 6.49. The van der Waals surface area contributed by atoms with Gasteiger partial charge in [-0.15, -0.1) is 0 Å². The summed E-state index contributed by atoms with van der Waals surface area (Å²) in [7, 11) is 0. The highest BCUT2D eigenvalue weighted by atomic mass is 16.1. The molecular formula is C7H12N2O. The Morgan fingerprint density at radius 2 is 1.90 bits per heavy atom. The molecule has 0 spiro atoms. The van der Waals surface area contributed by atoms with Crippen LogP contribution in [0.2, 0.25) is 0 Å². The summed E-state index contributed by atoms with van der Waals surface area (Å²) in [4.78, 5) is 10.4. The molecule has 0 unspecified atom stereocenters. The van der Waals surface area contributed by atoms with E-state index in [2.05, 4.69) is 5.32 Å². The average Bonchev–Trinajstić information content (AvgIpc) is 1.58. The molecule has 0 bridgehead atoms. The molecule has 2 N–H and O–H groups in total. The Hall–Kier alpha value is -1.12. The van der Waals surface area contributed by atoms with Crippen molar-refractivity contribution in [3.63, 3.8) is 0 Å². The summed E-state index contributed by atoms with van der Waals surface area (Å²) in [5.74, 6) is -0.0602. The molecule has 0 saturated heterocycles. The molecule has 0 aliphatic carbocycles. The van der Waals surface area contributed by atoms with Gasteiger partial charge in [0.15, 0.2) is 0 Å². The first-order valence-corrected chi connectivity index (χ1v) is 3.03. The fraction of sp³-hybridized carbons (Fsp3) is 0.429. The number of allylic oxidation sites excluding steroid dienone is 1. The van der Waals surface area contributed by atoms with Crippen LogP contribution >= 0.6 is 0 Å². The van der Waals surface area contributed by atoms with E-state index in [1.54, 1.807) is 6.08 Å². The van der Waals surface area contributed by atoms with Gasteiger partial charge in [-0.05, 0) is 19.9 Å². The topological polar surface area (TPSA) is 53.0 Å². The van der Waals surface area contributed by atoms with Crippen molar-refractivity contribution in [1.82, 2.24) is 5.32 Å². The number of amides is 1. The van der Waals surface area contributed by atoms with E-state index in [-0.39, 0.29) is 11.7 Å². The maximum absolute atomic E-state index is 10.4. The number of amidine groups is 1. The lowest BCUT2D eigenvalue weighted by Crippen LogP contribution is -2.25. The first kappa shape index (κ1) is 8.88. The van der Waals surface area contributed by atoms with E-state index < -0.39 is 0 Å². The number of carbonyl (C=O) groups is 1. The van der Waals surface area contributed by atoms with E-state index in [1.165, 1.54) is 6.92 Å². The SMILES string of the molecule is CC(=O)NC(=N)C=C(C)C. The van der Waals surface area contributed by atoms with E-state index in [0.29, 0.717) is 0 Å². The van der Waals surface area contributed by atoms with Gasteiger partial charge in [0, 0.05) is 6.92 Å². The van der Waals surface area contributed by atoms with Gasteiger partial charge in [-0.25, -0.2) is 0 Å². The van der Waals surface area contributed by atoms with E-state index >= 15 is 0 Å². The molecule has 0 atom stereocenters. The lowest BCUT2D eigenvalue weighted by atomic mass is 10.3. The highest BCUT2D eigenvalue weighted by Gasteiger charge is 1.92. The summed E-state index contributed by atoms with van der Waals surface area (Å²) in [6.07, 6.45) is 1.60. The smallest absolute Gasteiger partial charge is 0.222 e. The van der Waals surface area contributed by atoms with Crippen LogP contribution in [-0.4, -0.2) is 11.7 Å². The first-order valence-electron chi connectivity index (χ1n) is 3.03. The highest BCUT2D eigenvalue weighted by Crippen LogP contribution is 1.86. The maximum Gasteiger partial charge on any atom is 0.222 e. The lowest BCUT2D eigenvalue weighted by Gasteiger charge is -1.97. The molecule has 0 fully saturated rings. The minimum absolute atomic E-state index is 0.146. The molecule has 1 amide bonds. The lowest BCUT2D eigenvalue weighted by molar-refractivity contribution is -0.117. The van der Waals surface area contributed by atoms with Crippen molar-refractivity contribution < 1.29 is 4.79 Å². The minimum atomic E-state index is -0.206. The van der Waals surface area contributed by atoms with Crippen LogP contribution in [0.15, 0.2) is 11.6 Å². The van der Waals surface area contributed by atoms with Gasteiger partial charge in [-0.3, -0.25) is 10.2 Å². The summed E-state index contributed by atoms with van der Waals surface area (Å²) in [5.41, 5.74) is 0.999. The third-order valence-electron chi connectivity index (χ3n) is 0.744. The summed E-state index contributed by atoms with van der Waals surface area (Å²) in [5, 5.41) is 9.48. The Bertz CT molecular complexity index is 178.